The zero-order valence-corrected chi connectivity index (χ0v) is 18.8. The maximum Gasteiger partial charge on any atom is 0.285 e. The summed E-state index contributed by atoms with van der Waals surface area (Å²) in [6.45, 7) is 0.0886. The van der Waals surface area contributed by atoms with Crippen molar-refractivity contribution in [3.63, 3.8) is 0 Å². The molecule has 11 heteroatoms. The van der Waals surface area contributed by atoms with Crippen molar-refractivity contribution in [3.8, 4) is 11.3 Å². The minimum atomic E-state index is -4.88. The molecule has 2 aromatic carbocycles. The van der Waals surface area contributed by atoms with Crippen LogP contribution in [-0.2, 0) is 28.8 Å². The summed E-state index contributed by atoms with van der Waals surface area (Å²) in [4.78, 5) is 19.6. The van der Waals surface area contributed by atoms with E-state index in [-0.39, 0.29) is 11.6 Å². The largest absolute Gasteiger partial charge is 0.756 e. The Morgan fingerprint density at radius 1 is 1.15 bits per heavy atom. The van der Waals surface area contributed by atoms with Crippen molar-refractivity contribution in [1.82, 2.24) is 5.16 Å². The molecule has 1 atom stereocenters. The third-order valence-corrected chi connectivity index (χ3v) is 5.47. The number of halogens is 1. The van der Waals surface area contributed by atoms with Gasteiger partial charge in [-0.15, -0.1) is 0 Å². The molecule has 0 aliphatic carbocycles. The molecule has 0 aliphatic heterocycles. The Morgan fingerprint density at radius 2 is 1.91 bits per heavy atom. The molecule has 4 aromatic rings. The summed E-state index contributed by atoms with van der Waals surface area (Å²) in [5.41, 5.74) is 10.1. The van der Waals surface area contributed by atoms with Crippen LogP contribution in [0.3, 0.4) is 0 Å². The fourth-order valence-electron chi connectivity index (χ4n) is 3.33. The fourth-order valence-corrected chi connectivity index (χ4v) is 3.60. The Kier molecular flexibility index (Phi) is 7.04. The summed E-state index contributed by atoms with van der Waals surface area (Å²) in [7, 11) is -4.88. The molecule has 0 fully saturated rings. The molecule has 0 bridgehead atoms. The number of phosphoric acid groups is 1. The van der Waals surface area contributed by atoms with Crippen molar-refractivity contribution in [2.75, 3.05) is 11.1 Å². The van der Waals surface area contributed by atoms with E-state index in [0.29, 0.717) is 35.7 Å². The van der Waals surface area contributed by atoms with Gasteiger partial charge < -0.3 is 19.6 Å². The lowest BCUT2D eigenvalue weighted by atomic mass is 10.1. The first kappa shape index (κ1) is 23.6. The summed E-state index contributed by atoms with van der Waals surface area (Å²) in [5, 5.41) is 7.28. The van der Waals surface area contributed by atoms with Gasteiger partial charge in [-0.1, -0.05) is 35.5 Å². The number of hydrogen-bond donors (Lipinski definition) is 3. The number of nitrogens with zero attached hydrogens (tertiary/aromatic N) is 2. The van der Waals surface area contributed by atoms with Crippen LogP contribution in [-0.4, -0.2) is 10.1 Å². The Bertz CT molecular complexity index is 1320. The standard InChI is InChI=1S/C23H22FN4O5P/c24-18-3-1-4-19(12-18)26-14-17-8-6-16(7-9-17)11-20-13-22(33-27-20)21-5-2-10-28(23(21)25)15-32-34(29,30)31/h1-10,12-13,25-26H,11,14-15H2,(H2,29,30,31). The first-order valence-corrected chi connectivity index (χ1v) is 11.8. The van der Waals surface area contributed by atoms with E-state index in [1.165, 1.54) is 22.9 Å². The second-order valence-corrected chi connectivity index (χ2v) is 8.74. The minimum absolute atomic E-state index is 0.189. The second kappa shape index (κ2) is 10.1. The maximum atomic E-state index is 13.3. The van der Waals surface area contributed by atoms with Crippen molar-refractivity contribution >= 4 is 19.3 Å². The molecule has 4 N–H and O–H groups in total. The molecular formula is C23H22FN4O5P. The summed E-state index contributed by atoms with van der Waals surface area (Å²) in [6, 6.07) is 19.3. The molecule has 1 unspecified atom stereocenters. The number of benzene rings is 2. The topological polar surface area (TPSA) is 138 Å². The van der Waals surface area contributed by atoms with Crippen LogP contribution >= 0.6 is 7.82 Å². The number of nitrogens with one attached hydrogen (secondary N) is 1. The average Bonchev–Trinajstić information content (AvgIpc) is 3.25. The Labute approximate surface area is 194 Å². The fraction of sp³-hybridized carbons (Fsp3) is 0.130. The van der Waals surface area contributed by atoms with Crippen LogP contribution in [0.5, 0.6) is 0 Å². The number of hydrogen-bond acceptors (Lipinski definition) is 7. The molecule has 2 heterocycles. The molecule has 4 rings (SSSR count). The highest BCUT2D eigenvalue weighted by Crippen LogP contribution is 2.30. The number of pyridine rings is 1. The van der Waals surface area contributed by atoms with Crippen molar-refractivity contribution in [2.45, 2.75) is 19.7 Å². The Balaban J connectivity index is 1.40. The highest BCUT2D eigenvalue weighted by Gasteiger charge is 2.18. The van der Waals surface area contributed by atoms with Gasteiger partial charge in [-0.25, -0.2) is 8.96 Å². The molecule has 176 valence electrons. The molecule has 0 saturated carbocycles. The molecule has 9 nitrogen and oxygen atoms in total. The van der Waals surface area contributed by atoms with Crippen LogP contribution in [0.2, 0.25) is 0 Å². The summed E-state index contributed by atoms with van der Waals surface area (Å²) in [5.74, 6) is 0.312. The van der Waals surface area contributed by atoms with Crippen molar-refractivity contribution < 1.29 is 32.4 Å². The van der Waals surface area contributed by atoms with E-state index in [4.69, 9.17) is 15.2 Å². The van der Waals surface area contributed by atoms with Gasteiger partial charge in [-0.05, 0) is 41.5 Å². The van der Waals surface area contributed by atoms with Crippen LogP contribution in [0, 0.1) is 5.82 Å². The number of nitrogens with two attached hydrogens (primary N) is 1. The van der Waals surface area contributed by atoms with E-state index in [2.05, 4.69) is 15.0 Å². The molecule has 34 heavy (non-hydrogen) atoms. The predicted molar refractivity (Wildman–Crippen MR) is 120 cm³/mol. The third-order valence-electron chi connectivity index (χ3n) is 5.03. The van der Waals surface area contributed by atoms with E-state index < -0.39 is 14.6 Å². The predicted octanol–water partition coefficient (Wildman–Crippen LogP) is 2.99. The second-order valence-electron chi connectivity index (χ2n) is 7.54. The van der Waals surface area contributed by atoms with Crippen LogP contribution in [0.1, 0.15) is 16.8 Å². The lowest BCUT2D eigenvalue weighted by Crippen LogP contribution is -2.38. The van der Waals surface area contributed by atoms with Crippen LogP contribution in [0.25, 0.3) is 11.3 Å². The lowest BCUT2D eigenvalue weighted by molar-refractivity contribution is -0.712. The lowest BCUT2D eigenvalue weighted by Gasteiger charge is -2.14. The van der Waals surface area contributed by atoms with E-state index in [1.54, 1.807) is 24.3 Å². The summed E-state index contributed by atoms with van der Waals surface area (Å²) in [6.07, 6.45) is 2.04. The number of phosphoric ester groups is 1. The SMILES string of the molecule is Nc1c(-c2cc(Cc3ccc(CNc4cccc(F)c4)cc3)no2)ccc[n+]1COP(=O)([O-])O. The van der Waals surface area contributed by atoms with Crippen LogP contribution in [0.4, 0.5) is 15.9 Å². The van der Waals surface area contributed by atoms with Gasteiger partial charge in [0.25, 0.3) is 13.6 Å². The minimum Gasteiger partial charge on any atom is -0.756 e. The summed E-state index contributed by atoms with van der Waals surface area (Å²) < 4.78 is 35.3. The summed E-state index contributed by atoms with van der Waals surface area (Å²) >= 11 is 0. The number of anilines is 2. The average molecular weight is 484 g/mol. The van der Waals surface area contributed by atoms with E-state index in [1.807, 2.05) is 30.3 Å². The smallest absolute Gasteiger partial charge is 0.285 e. The number of rotatable bonds is 9. The van der Waals surface area contributed by atoms with Gasteiger partial charge in [-0.2, -0.15) is 0 Å². The highest BCUT2D eigenvalue weighted by atomic mass is 31.2. The van der Waals surface area contributed by atoms with Crippen molar-refractivity contribution in [3.05, 3.63) is 95.6 Å². The van der Waals surface area contributed by atoms with Gasteiger partial charge in [0, 0.05) is 24.7 Å². The van der Waals surface area contributed by atoms with Gasteiger partial charge in [0.2, 0.25) is 0 Å². The zero-order valence-electron chi connectivity index (χ0n) is 17.9. The third kappa shape index (κ3) is 6.27. The zero-order chi connectivity index (χ0) is 24.1. The van der Waals surface area contributed by atoms with Gasteiger partial charge in [0.05, 0.1) is 11.9 Å². The monoisotopic (exact) mass is 484 g/mol. The Hall–Kier alpha value is -3.56. The molecule has 0 amide bonds. The van der Waals surface area contributed by atoms with Crippen LogP contribution < -0.4 is 20.5 Å². The molecule has 0 spiro atoms. The highest BCUT2D eigenvalue weighted by molar-refractivity contribution is 7.44. The maximum absolute atomic E-state index is 13.3. The van der Waals surface area contributed by atoms with Gasteiger partial charge in [-0.3, -0.25) is 14.8 Å². The normalized spacial score (nSPS) is 12.9. The van der Waals surface area contributed by atoms with E-state index in [0.717, 1.165) is 11.1 Å². The molecule has 0 aliphatic rings. The molecule has 0 radical (unpaired) electrons. The van der Waals surface area contributed by atoms with Gasteiger partial charge in [0.15, 0.2) is 12.5 Å². The van der Waals surface area contributed by atoms with E-state index >= 15 is 0 Å². The van der Waals surface area contributed by atoms with Gasteiger partial charge in [0.1, 0.15) is 11.4 Å². The van der Waals surface area contributed by atoms with Crippen molar-refractivity contribution in [1.29, 1.82) is 0 Å². The quantitative estimate of drug-likeness (QED) is 0.244. The Morgan fingerprint density at radius 3 is 2.65 bits per heavy atom. The van der Waals surface area contributed by atoms with E-state index in [9.17, 15) is 13.8 Å². The first-order valence-electron chi connectivity index (χ1n) is 10.3. The number of aromatic nitrogens is 2. The molecule has 0 saturated heterocycles. The first-order chi connectivity index (χ1) is 16.3. The van der Waals surface area contributed by atoms with Crippen molar-refractivity contribution in [2.24, 2.45) is 0 Å². The van der Waals surface area contributed by atoms with Crippen LogP contribution in [0.15, 0.2) is 77.4 Å². The molecular weight excluding hydrogens is 462 g/mol. The number of nitrogen functional groups attached to an aromatic ring is 1. The molecule has 2 aromatic heterocycles. The van der Waals surface area contributed by atoms with Gasteiger partial charge >= 0.3 is 0 Å².